The highest BCUT2D eigenvalue weighted by Gasteiger charge is 2.29. The third-order valence-electron chi connectivity index (χ3n) is 9.08. The summed E-state index contributed by atoms with van der Waals surface area (Å²) in [5.41, 5.74) is 10.4. The average Bonchev–Trinajstić information content (AvgIpc) is 3.62. The van der Waals surface area contributed by atoms with Gasteiger partial charge in [0, 0.05) is 24.6 Å². The predicted molar refractivity (Wildman–Crippen MR) is 172 cm³/mol. The first kappa shape index (κ1) is 29.1. The number of aromatic nitrogens is 3. The molecule has 2 aliphatic heterocycles. The number of piperidine rings is 1. The molecule has 1 fully saturated rings. The fraction of sp³-hybridized carbons (Fsp3) is 0.417. The molecule has 7 heteroatoms. The van der Waals surface area contributed by atoms with Crippen LogP contribution in [-0.4, -0.2) is 47.0 Å². The molecule has 0 saturated carbocycles. The Hall–Kier alpha value is -3.97. The molecule has 4 aromatic rings. The van der Waals surface area contributed by atoms with Gasteiger partial charge in [-0.1, -0.05) is 63.2 Å². The lowest BCUT2D eigenvalue weighted by Crippen LogP contribution is -2.27. The van der Waals surface area contributed by atoms with Crippen molar-refractivity contribution in [3.05, 3.63) is 94.3 Å². The molecule has 0 amide bonds. The molecule has 0 aliphatic carbocycles. The molecule has 2 aromatic heterocycles. The Morgan fingerprint density at radius 3 is 2.58 bits per heavy atom. The number of benzene rings is 2. The SMILES string of the molecule is CCOC(=O)c1cnn(-c2cccc(-c3cccc4c3N(Cc3ccc(C5CCNCC5)c(CC)c3)CC4C)n2)c1CC. The Kier molecular flexibility index (Phi) is 8.61. The van der Waals surface area contributed by atoms with Gasteiger partial charge in [0.15, 0.2) is 5.82 Å². The van der Waals surface area contributed by atoms with Gasteiger partial charge in [-0.05, 0) is 86.0 Å². The summed E-state index contributed by atoms with van der Waals surface area (Å²) in [4.78, 5) is 20.2. The monoisotopic (exact) mass is 577 g/mol. The molecule has 1 saturated heterocycles. The van der Waals surface area contributed by atoms with Crippen LogP contribution in [0.15, 0.2) is 60.8 Å². The first-order valence-corrected chi connectivity index (χ1v) is 15.9. The number of anilines is 1. The molecule has 1 unspecified atom stereocenters. The number of carbonyl (C=O) groups excluding carboxylic acids is 1. The second-order valence-electron chi connectivity index (χ2n) is 11.8. The van der Waals surface area contributed by atoms with Gasteiger partial charge < -0.3 is 15.0 Å². The van der Waals surface area contributed by atoms with Gasteiger partial charge in [0.1, 0.15) is 5.56 Å². The van der Waals surface area contributed by atoms with Crippen LogP contribution in [0.3, 0.4) is 0 Å². The lowest BCUT2D eigenvalue weighted by molar-refractivity contribution is 0.0525. The Labute approximate surface area is 255 Å². The molecule has 1 atom stereocenters. The Morgan fingerprint density at radius 2 is 1.81 bits per heavy atom. The third kappa shape index (κ3) is 5.70. The molecule has 0 bridgehead atoms. The minimum absolute atomic E-state index is 0.330. The van der Waals surface area contributed by atoms with Gasteiger partial charge in [0.05, 0.1) is 29.9 Å². The summed E-state index contributed by atoms with van der Waals surface area (Å²) in [5.74, 6) is 1.45. The molecule has 0 radical (unpaired) electrons. The summed E-state index contributed by atoms with van der Waals surface area (Å²) in [6.45, 7) is 12.8. The second-order valence-corrected chi connectivity index (χ2v) is 11.8. The van der Waals surface area contributed by atoms with Gasteiger partial charge in [0.2, 0.25) is 0 Å². The Morgan fingerprint density at radius 1 is 1.00 bits per heavy atom. The van der Waals surface area contributed by atoms with Gasteiger partial charge in [-0.3, -0.25) is 0 Å². The number of hydrogen-bond acceptors (Lipinski definition) is 6. The van der Waals surface area contributed by atoms with E-state index >= 15 is 0 Å². The summed E-state index contributed by atoms with van der Waals surface area (Å²) < 4.78 is 7.04. The van der Waals surface area contributed by atoms with Crippen LogP contribution in [0.1, 0.15) is 90.7 Å². The van der Waals surface area contributed by atoms with Crippen molar-refractivity contribution in [2.45, 2.75) is 71.8 Å². The van der Waals surface area contributed by atoms with Crippen LogP contribution < -0.4 is 10.2 Å². The highest BCUT2D eigenvalue weighted by molar-refractivity contribution is 5.90. The summed E-state index contributed by atoms with van der Waals surface area (Å²) >= 11 is 0. The van der Waals surface area contributed by atoms with Gasteiger partial charge >= 0.3 is 5.97 Å². The number of fused-ring (bicyclic) bond motifs is 1. The second kappa shape index (κ2) is 12.7. The fourth-order valence-electron chi connectivity index (χ4n) is 6.98. The van der Waals surface area contributed by atoms with Crippen LogP contribution in [0.25, 0.3) is 17.1 Å². The molecule has 2 aliphatic rings. The summed E-state index contributed by atoms with van der Waals surface area (Å²) in [7, 11) is 0. The largest absolute Gasteiger partial charge is 0.462 e. The van der Waals surface area contributed by atoms with Crippen LogP contribution in [-0.2, 0) is 24.1 Å². The van der Waals surface area contributed by atoms with E-state index in [2.05, 4.69) is 71.6 Å². The van der Waals surface area contributed by atoms with Crippen LogP contribution in [0.5, 0.6) is 0 Å². The Balaban J connectivity index is 1.33. The van der Waals surface area contributed by atoms with Gasteiger partial charge in [0.25, 0.3) is 0 Å². The first-order valence-electron chi connectivity index (χ1n) is 15.9. The summed E-state index contributed by atoms with van der Waals surface area (Å²) in [6.07, 6.45) is 5.74. The van der Waals surface area contributed by atoms with Crippen molar-refractivity contribution in [3.8, 4) is 17.1 Å². The molecule has 224 valence electrons. The minimum atomic E-state index is -0.345. The van der Waals surface area contributed by atoms with E-state index in [0.29, 0.717) is 36.2 Å². The van der Waals surface area contributed by atoms with Crippen molar-refractivity contribution in [2.75, 3.05) is 31.1 Å². The zero-order chi connectivity index (χ0) is 29.9. The molecule has 4 heterocycles. The molecule has 0 spiro atoms. The van der Waals surface area contributed by atoms with Crippen molar-refractivity contribution in [1.82, 2.24) is 20.1 Å². The third-order valence-corrected chi connectivity index (χ3v) is 9.08. The van der Waals surface area contributed by atoms with Crippen LogP contribution in [0, 0.1) is 0 Å². The number of ether oxygens (including phenoxy) is 1. The maximum absolute atomic E-state index is 12.5. The molecule has 43 heavy (non-hydrogen) atoms. The van der Waals surface area contributed by atoms with Crippen LogP contribution in [0.2, 0.25) is 0 Å². The van der Waals surface area contributed by atoms with E-state index in [0.717, 1.165) is 49.6 Å². The van der Waals surface area contributed by atoms with Crippen molar-refractivity contribution in [3.63, 3.8) is 0 Å². The normalized spacial score (nSPS) is 16.8. The fourth-order valence-corrected chi connectivity index (χ4v) is 6.98. The van der Waals surface area contributed by atoms with Gasteiger partial charge in [-0.2, -0.15) is 5.10 Å². The number of para-hydroxylation sites is 1. The van der Waals surface area contributed by atoms with Gasteiger partial charge in [-0.15, -0.1) is 0 Å². The number of hydrogen-bond donors (Lipinski definition) is 1. The minimum Gasteiger partial charge on any atom is -0.462 e. The molecule has 1 N–H and O–H groups in total. The number of aryl methyl sites for hydroxylation is 1. The molecular formula is C36H43N5O2. The van der Waals surface area contributed by atoms with Crippen molar-refractivity contribution in [2.24, 2.45) is 0 Å². The highest BCUT2D eigenvalue weighted by atomic mass is 16.5. The van der Waals surface area contributed by atoms with Crippen molar-refractivity contribution < 1.29 is 9.53 Å². The van der Waals surface area contributed by atoms with E-state index in [4.69, 9.17) is 9.72 Å². The lowest BCUT2D eigenvalue weighted by Gasteiger charge is -2.27. The standard InChI is InChI=1S/C36H43N5O2/c1-5-26-20-25(14-15-29(26)27-16-18-37-19-17-27)23-40-22-24(4)28-10-8-11-30(35(28)40)32-12-9-13-34(39-32)41-33(6-2)31(21-38-41)36(42)43-7-3/h8-15,20-21,24,27,37H,5-7,16-19,22-23H2,1-4H3. The summed E-state index contributed by atoms with van der Waals surface area (Å²) in [6, 6.07) is 19.9. The number of carbonyl (C=O) groups is 1. The molecule has 2 aromatic carbocycles. The lowest BCUT2D eigenvalue weighted by atomic mass is 9.85. The number of nitrogens with zero attached hydrogens (tertiary/aromatic N) is 4. The maximum atomic E-state index is 12.5. The molecular weight excluding hydrogens is 534 g/mol. The van der Waals surface area contributed by atoms with Gasteiger partial charge in [-0.25, -0.2) is 14.5 Å². The quantitative estimate of drug-likeness (QED) is 0.220. The van der Waals surface area contributed by atoms with E-state index < -0.39 is 0 Å². The first-order chi connectivity index (χ1) is 21.0. The molecule has 7 nitrogen and oxygen atoms in total. The number of esters is 1. The van der Waals surface area contributed by atoms with E-state index in [1.807, 2.05) is 26.0 Å². The van der Waals surface area contributed by atoms with Crippen LogP contribution in [0.4, 0.5) is 5.69 Å². The zero-order valence-corrected chi connectivity index (χ0v) is 25.9. The highest BCUT2D eigenvalue weighted by Crippen LogP contribution is 2.43. The Bertz CT molecular complexity index is 1600. The van der Waals surface area contributed by atoms with Crippen LogP contribution >= 0.6 is 0 Å². The predicted octanol–water partition coefficient (Wildman–Crippen LogP) is 6.83. The maximum Gasteiger partial charge on any atom is 0.341 e. The molecule has 6 rings (SSSR count). The van der Waals surface area contributed by atoms with Crippen molar-refractivity contribution in [1.29, 1.82) is 0 Å². The van der Waals surface area contributed by atoms with E-state index in [1.165, 1.54) is 35.2 Å². The van der Waals surface area contributed by atoms with Crippen molar-refractivity contribution >= 4 is 11.7 Å². The number of pyridine rings is 1. The zero-order valence-electron chi connectivity index (χ0n) is 25.9. The topological polar surface area (TPSA) is 72.3 Å². The number of rotatable bonds is 9. The smallest absolute Gasteiger partial charge is 0.341 e. The van der Waals surface area contributed by atoms with E-state index in [9.17, 15) is 4.79 Å². The van der Waals surface area contributed by atoms with E-state index in [1.54, 1.807) is 16.4 Å². The number of nitrogens with one attached hydrogen (secondary N) is 1. The average molecular weight is 578 g/mol. The van der Waals surface area contributed by atoms with E-state index in [-0.39, 0.29) is 5.97 Å². The summed E-state index contributed by atoms with van der Waals surface area (Å²) in [5, 5.41) is 8.05.